The van der Waals surface area contributed by atoms with E-state index in [2.05, 4.69) is 15.7 Å². The average Bonchev–Trinajstić information content (AvgIpc) is 3.27. The first-order valence-electron chi connectivity index (χ1n) is 8.83. The van der Waals surface area contributed by atoms with Gasteiger partial charge in [0.05, 0.1) is 12.6 Å². The Kier molecular flexibility index (Phi) is 5.82. The summed E-state index contributed by atoms with van der Waals surface area (Å²) in [6, 6.07) is 6.42. The van der Waals surface area contributed by atoms with E-state index in [1.807, 2.05) is 17.8 Å². The Bertz CT molecular complexity index is 946. The van der Waals surface area contributed by atoms with Gasteiger partial charge in [0.2, 0.25) is 0 Å². The highest BCUT2D eigenvalue weighted by Gasteiger charge is 2.18. The second-order valence-corrected chi connectivity index (χ2v) is 6.65. The third kappa shape index (κ3) is 3.99. The Morgan fingerprint density at radius 1 is 1.44 bits per heavy atom. The summed E-state index contributed by atoms with van der Waals surface area (Å²) in [4.78, 5) is 12.4. The van der Waals surface area contributed by atoms with E-state index in [0.29, 0.717) is 17.0 Å². The molecule has 0 aliphatic carbocycles. The van der Waals surface area contributed by atoms with Crippen LogP contribution in [-0.2, 0) is 6.54 Å². The van der Waals surface area contributed by atoms with Crippen LogP contribution in [-0.4, -0.2) is 28.8 Å². The number of rotatable bonds is 4. The zero-order chi connectivity index (χ0) is 18.1. The molecule has 1 fully saturated rings. The number of nitrogens with one attached hydrogen (secondary N) is 2. The maximum atomic E-state index is 13.4. The smallest absolute Gasteiger partial charge is 0.272 e. The number of piperidine rings is 1. The van der Waals surface area contributed by atoms with E-state index in [1.165, 1.54) is 12.1 Å². The lowest BCUT2D eigenvalue weighted by Crippen LogP contribution is -2.32. The Balaban J connectivity index is 0.00000210. The third-order valence-electron chi connectivity index (χ3n) is 4.89. The van der Waals surface area contributed by atoms with Crippen LogP contribution in [0.4, 0.5) is 4.39 Å². The van der Waals surface area contributed by atoms with Crippen molar-refractivity contribution >= 4 is 29.3 Å². The largest absolute Gasteiger partial charge is 0.459 e. The molecule has 144 valence electrons. The fourth-order valence-corrected chi connectivity index (χ4v) is 3.39. The van der Waals surface area contributed by atoms with E-state index in [-0.39, 0.29) is 36.7 Å². The minimum Gasteiger partial charge on any atom is -0.459 e. The minimum absolute atomic E-state index is 0. The van der Waals surface area contributed by atoms with Crippen molar-refractivity contribution in [2.75, 3.05) is 13.1 Å². The molecule has 1 unspecified atom stereocenters. The standard InChI is InChI=1S/C19H21FN4O2.ClH/c1-12-15-9-13(20)4-5-17(15)26-18(12)11-22-19(25)16-6-8-24(23-16)14-3-2-7-21-10-14;/h4-6,8-9,14,21H,2-3,7,10-11H2,1H3,(H,22,25);1H. The Morgan fingerprint density at radius 3 is 3.07 bits per heavy atom. The van der Waals surface area contributed by atoms with Crippen LogP contribution in [0.1, 0.15) is 40.7 Å². The Labute approximate surface area is 162 Å². The number of hydrogen-bond acceptors (Lipinski definition) is 4. The van der Waals surface area contributed by atoms with Crippen LogP contribution in [0.5, 0.6) is 0 Å². The summed E-state index contributed by atoms with van der Waals surface area (Å²) < 4.78 is 21.0. The van der Waals surface area contributed by atoms with Crippen molar-refractivity contribution < 1.29 is 13.6 Å². The monoisotopic (exact) mass is 392 g/mol. The molecule has 4 rings (SSSR count). The molecule has 3 aromatic rings. The topological polar surface area (TPSA) is 72.1 Å². The molecule has 1 aromatic carbocycles. The molecule has 1 atom stereocenters. The highest BCUT2D eigenvalue weighted by atomic mass is 35.5. The predicted molar refractivity (Wildman–Crippen MR) is 103 cm³/mol. The van der Waals surface area contributed by atoms with Crippen LogP contribution in [0.15, 0.2) is 34.9 Å². The predicted octanol–water partition coefficient (Wildman–Crippen LogP) is 3.35. The summed E-state index contributed by atoms with van der Waals surface area (Å²) in [7, 11) is 0. The molecule has 6 nitrogen and oxygen atoms in total. The molecule has 0 bridgehead atoms. The fourth-order valence-electron chi connectivity index (χ4n) is 3.39. The lowest BCUT2D eigenvalue weighted by molar-refractivity contribution is 0.0942. The van der Waals surface area contributed by atoms with Gasteiger partial charge < -0.3 is 15.1 Å². The van der Waals surface area contributed by atoms with Gasteiger partial charge in [0.25, 0.3) is 5.91 Å². The molecule has 3 heterocycles. The fraction of sp³-hybridized carbons (Fsp3) is 0.368. The molecule has 8 heteroatoms. The summed E-state index contributed by atoms with van der Waals surface area (Å²) in [6.45, 7) is 4.00. The number of aromatic nitrogens is 2. The number of carbonyl (C=O) groups is 1. The highest BCUT2D eigenvalue weighted by Crippen LogP contribution is 2.26. The van der Waals surface area contributed by atoms with Gasteiger partial charge in [-0.15, -0.1) is 12.4 Å². The number of amides is 1. The van der Waals surface area contributed by atoms with Crippen LogP contribution < -0.4 is 10.6 Å². The van der Waals surface area contributed by atoms with E-state index in [0.717, 1.165) is 36.9 Å². The quantitative estimate of drug-likeness (QED) is 0.714. The van der Waals surface area contributed by atoms with Crippen molar-refractivity contribution in [2.45, 2.75) is 32.4 Å². The number of halogens is 2. The van der Waals surface area contributed by atoms with E-state index in [4.69, 9.17) is 4.42 Å². The zero-order valence-corrected chi connectivity index (χ0v) is 15.8. The third-order valence-corrected chi connectivity index (χ3v) is 4.89. The number of benzene rings is 1. The number of carbonyl (C=O) groups excluding carboxylic acids is 1. The molecule has 27 heavy (non-hydrogen) atoms. The van der Waals surface area contributed by atoms with Crippen LogP contribution in [0.25, 0.3) is 11.0 Å². The van der Waals surface area contributed by atoms with Crippen molar-refractivity contribution in [1.29, 1.82) is 0 Å². The molecule has 1 amide bonds. The van der Waals surface area contributed by atoms with Gasteiger partial charge in [-0.3, -0.25) is 9.48 Å². The molecule has 0 saturated carbocycles. The van der Waals surface area contributed by atoms with Crippen molar-refractivity contribution in [3.8, 4) is 0 Å². The van der Waals surface area contributed by atoms with Gasteiger partial charge in [-0.05, 0) is 50.6 Å². The Morgan fingerprint density at radius 2 is 2.30 bits per heavy atom. The number of aryl methyl sites for hydroxylation is 1. The zero-order valence-electron chi connectivity index (χ0n) is 15.0. The molecule has 1 saturated heterocycles. The van der Waals surface area contributed by atoms with E-state index in [1.54, 1.807) is 12.1 Å². The van der Waals surface area contributed by atoms with E-state index >= 15 is 0 Å². The molecule has 1 aliphatic heterocycles. The molecular weight excluding hydrogens is 371 g/mol. The lowest BCUT2D eigenvalue weighted by Gasteiger charge is -2.22. The number of hydrogen-bond donors (Lipinski definition) is 2. The van der Waals surface area contributed by atoms with Gasteiger partial charge in [-0.1, -0.05) is 0 Å². The molecule has 0 radical (unpaired) electrons. The van der Waals surface area contributed by atoms with Crippen LogP contribution in [0.3, 0.4) is 0 Å². The van der Waals surface area contributed by atoms with Crippen molar-refractivity contribution in [2.24, 2.45) is 0 Å². The number of fused-ring (bicyclic) bond motifs is 1. The minimum atomic E-state index is -0.306. The summed E-state index contributed by atoms with van der Waals surface area (Å²) in [5.41, 5.74) is 1.83. The summed E-state index contributed by atoms with van der Waals surface area (Å²) in [5.74, 6) is 0.0631. The number of furan rings is 1. The normalized spacial score (nSPS) is 16.9. The second kappa shape index (κ2) is 8.10. The first-order chi connectivity index (χ1) is 12.6. The van der Waals surface area contributed by atoms with E-state index < -0.39 is 0 Å². The molecule has 0 spiro atoms. The van der Waals surface area contributed by atoms with Crippen LogP contribution in [0, 0.1) is 12.7 Å². The van der Waals surface area contributed by atoms with Gasteiger partial charge in [0.15, 0.2) is 0 Å². The van der Waals surface area contributed by atoms with Gasteiger partial charge in [0, 0.05) is 23.7 Å². The summed E-state index contributed by atoms with van der Waals surface area (Å²) in [5, 5.41) is 11.3. The number of nitrogens with zero attached hydrogens (tertiary/aromatic N) is 2. The molecule has 1 aliphatic rings. The van der Waals surface area contributed by atoms with Crippen molar-refractivity contribution in [1.82, 2.24) is 20.4 Å². The lowest BCUT2D eigenvalue weighted by atomic mass is 10.1. The summed E-state index contributed by atoms with van der Waals surface area (Å²) >= 11 is 0. The van der Waals surface area contributed by atoms with Crippen molar-refractivity contribution in [3.05, 3.63) is 53.3 Å². The highest BCUT2D eigenvalue weighted by molar-refractivity contribution is 5.92. The SMILES string of the molecule is Cc1c(CNC(=O)c2ccn(C3CCCNC3)n2)oc2ccc(F)cc12.Cl. The van der Waals surface area contributed by atoms with Gasteiger partial charge in [0.1, 0.15) is 22.9 Å². The van der Waals surface area contributed by atoms with Gasteiger partial charge >= 0.3 is 0 Å². The van der Waals surface area contributed by atoms with Crippen LogP contribution >= 0.6 is 12.4 Å². The molecular formula is C19H22ClFN4O2. The second-order valence-electron chi connectivity index (χ2n) is 6.65. The van der Waals surface area contributed by atoms with Gasteiger partial charge in [-0.2, -0.15) is 5.10 Å². The van der Waals surface area contributed by atoms with Gasteiger partial charge in [-0.25, -0.2) is 4.39 Å². The molecule has 2 aromatic heterocycles. The maximum Gasteiger partial charge on any atom is 0.272 e. The molecule has 2 N–H and O–H groups in total. The maximum absolute atomic E-state index is 13.4. The average molecular weight is 393 g/mol. The van der Waals surface area contributed by atoms with E-state index in [9.17, 15) is 9.18 Å². The Hall–Kier alpha value is -2.38. The van der Waals surface area contributed by atoms with Crippen molar-refractivity contribution in [3.63, 3.8) is 0 Å². The first-order valence-corrected chi connectivity index (χ1v) is 8.83. The summed E-state index contributed by atoms with van der Waals surface area (Å²) in [6.07, 6.45) is 4.02. The first kappa shape index (κ1) is 19.4. The van der Waals surface area contributed by atoms with Crippen LogP contribution in [0.2, 0.25) is 0 Å².